The summed E-state index contributed by atoms with van der Waals surface area (Å²) in [4.78, 5) is 14.6. The average Bonchev–Trinajstić information content (AvgIpc) is 2.27. The first-order chi connectivity index (χ1) is 7.95. The lowest BCUT2D eigenvalue weighted by atomic mass is 9.75. The van der Waals surface area contributed by atoms with Gasteiger partial charge in [-0.15, -0.1) is 0 Å². The van der Waals surface area contributed by atoms with E-state index in [1.54, 1.807) is 0 Å². The van der Waals surface area contributed by atoms with E-state index in [0.717, 1.165) is 12.8 Å². The molecule has 1 saturated carbocycles. The van der Waals surface area contributed by atoms with Gasteiger partial charge in [0.1, 0.15) is 6.10 Å². The Morgan fingerprint density at radius 1 is 1.47 bits per heavy atom. The molecule has 1 aliphatic carbocycles. The quantitative estimate of drug-likeness (QED) is 0.426. The first-order valence-electron chi connectivity index (χ1n) is 6.23. The standard InChI is InChI=1S/C14H21NO2/c1-9(2)12-7-6-10(3)8-13(12)17-14(16)11(4)15-5/h9-10,12-13H,4,6-8H2,1-3H3. The Morgan fingerprint density at radius 3 is 2.65 bits per heavy atom. The van der Waals surface area contributed by atoms with Crippen LogP contribution in [0.15, 0.2) is 12.3 Å². The van der Waals surface area contributed by atoms with E-state index in [0.29, 0.717) is 17.8 Å². The molecule has 0 amide bonds. The fraction of sp³-hybridized carbons (Fsp3) is 0.714. The van der Waals surface area contributed by atoms with Gasteiger partial charge in [-0.25, -0.2) is 4.85 Å². The van der Waals surface area contributed by atoms with Crippen molar-refractivity contribution in [3.8, 4) is 0 Å². The number of hydrogen-bond donors (Lipinski definition) is 0. The average molecular weight is 235 g/mol. The number of hydrogen-bond acceptors (Lipinski definition) is 2. The molecule has 0 radical (unpaired) electrons. The highest BCUT2D eigenvalue weighted by atomic mass is 16.5. The minimum absolute atomic E-state index is 0.0512. The molecule has 0 aliphatic heterocycles. The van der Waals surface area contributed by atoms with Crippen LogP contribution in [-0.4, -0.2) is 12.1 Å². The van der Waals surface area contributed by atoms with E-state index in [1.165, 1.54) is 6.42 Å². The number of carbonyl (C=O) groups is 1. The third-order valence-electron chi connectivity index (χ3n) is 3.59. The van der Waals surface area contributed by atoms with Gasteiger partial charge in [0.25, 0.3) is 5.70 Å². The minimum atomic E-state index is -0.551. The molecule has 0 bridgehead atoms. The highest BCUT2D eigenvalue weighted by Gasteiger charge is 2.33. The van der Waals surface area contributed by atoms with Crippen molar-refractivity contribution in [1.29, 1.82) is 0 Å². The van der Waals surface area contributed by atoms with Crippen molar-refractivity contribution in [2.24, 2.45) is 17.8 Å². The van der Waals surface area contributed by atoms with E-state index >= 15 is 0 Å². The summed E-state index contributed by atoms with van der Waals surface area (Å²) in [7, 11) is 0. The molecule has 94 valence electrons. The summed E-state index contributed by atoms with van der Waals surface area (Å²) in [5.74, 6) is 0.948. The number of nitrogens with zero attached hydrogens (tertiary/aromatic N) is 1. The molecule has 1 aliphatic rings. The molecule has 0 aromatic rings. The molecule has 1 rings (SSSR count). The molecule has 0 saturated heterocycles. The molecule has 0 spiro atoms. The van der Waals surface area contributed by atoms with Gasteiger partial charge in [-0.1, -0.05) is 33.8 Å². The summed E-state index contributed by atoms with van der Waals surface area (Å²) in [5, 5.41) is 0. The molecule has 17 heavy (non-hydrogen) atoms. The van der Waals surface area contributed by atoms with Crippen LogP contribution in [0, 0.1) is 24.3 Å². The van der Waals surface area contributed by atoms with Crippen LogP contribution in [0.2, 0.25) is 0 Å². The van der Waals surface area contributed by atoms with Gasteiger partial charge in [-0.05, 0) is 30.6 Å². The van der Waals surface area contributed by atoms with Crippen LogP contribution in [0.1, 0.15) is 40.0 Å². The predicted molar refractivity (Wildman–Crippen MR) is 67.0 cm³/mol. The second kappa shape index (κ2) is 5.86. The summed E-state index contributed by atoms with van der Waals surface area (Å²) in [5.41, 5.74) is -0.120. The fourth-order valence-electron chi connectivity index (χ4n) is 2.50. The lowest BCUT2D eigenvalue weighted by Gasteiger charge is -2.36. The molecule has 0 heterocycles. The van der Waals surface area contributed by atoms with E-state index in [9.17, 15) is 4.79 Å². The summed E-state index contributed by atoms with van der Waals surface area (Å²) >= 11 is 0. The number of ether oxygens (including phenoxy) is 1. The van der Waals surface area contributed by atoms with Gasteiger partial charge >= 0.3 is 5.97 Å². The Labute approximate surface area is 104 Å². The highest BCUT2D eigenvalue weighted by molar-refractivity contribution is 5.89. The Kier molecular flexibility index (Phi) is 4.74. The van der Waals surface area contributed by atoms with E-state index < -0.39 is 5.97 Å². The molecule has 0 aromatic carbocycles. The van der Waals surface area contributed by atoms with Crippen LogP contribution >= 0.6 is 0 Å². The third-order valence-corrected chi connectivity index (χ3v) is 3.59. The largest absolute Gasteiger partial charge is 0.467 e. The minimum Gasteiger partial charge on any atom is -0.467 e. The van der Waals surface area contributed by atoms with Crippen molar-refractivity contribution in [1.82, 2.24) is 0 Å². The number of esters is 1. The Bertz CT molecular complexity index is 341. The van der Waals surface area contributed by atoms with Crippen molar-refractivity contribution in [3.05, 3.63) is 23.7 Å². The first kappa shape index (κ1) is 13.8. The molecule has 0 N–H and O–H groups in total. The predicted octanol–water partition coefficient (Wildman–Crippen LogP) is 3.42. The van der Waals surface area contributed by atoms with E-state index in [1.807, 2.05) is 0 Å². The topological polar surface area (TPSA) is 30.7 Å². The van der Waals surface area contributed by atoms with Crippen LogP contribution < -0.4 is 0 Å². The van der Waals surface area contributed by atoms with Gasteiger partial charge in [0.2, 0.25) is 0 Å². The van der Waals surface area contributed by atoms with Crippen LogP contribution in [0.25, 0.3) is 4.85 Å². The molecule has 0 aromatic heterocycles. The van der Waals surface area contributed by atoms with Gasteiger partial charge < -0.3 is 4.74 Å². The van der Waals surface area contributed by atoms with E-state index in [-0.39, 0.29) is 11.8 Å². The summed E-state index contributed by atoms with van der Waals surface area (Å²) in [6.45, 7) is 16.7. The molecular formula is C14H21NO2. The Morgan fingerprint density at radius 2 is 2.12 bits per heavy atom. The SMILES string of the molecule is [C-]#[N+]C(=C)C(=O)OC1CC(C)CCC1C(C)C. The molecule has 3 heteroatoms. The normalized spacial score (nSPS) is 28.5. The second-order valence-electron chi connectivity index (χ2n) is 5.33. The monoisotopic (exact) mass is 235 g/mol. The van der Waals surface area contributed by atoms with Gasteiger partial charge in [0.15, 0.2) is 0 Å². The zero-order valence-corrected chi connectivity index (χ0v) is 10.9. The Balaban J connectivity index is 2.67. The van der Waals surface area contributed by atoms with E-state index in [2.05, 4.69) is 32.2 Å². The van der Waals surface area contributed by atoms with Crippen molar-refractivity contribution in [3.63, 3.8) is 0 Å². The maximum absolute atomic E-state index is 11.6. The maximum atomic E-state index is 11.6. The van der Waals surface area contributed by atoms with Crippen LogP contribution in [0.5, 0.6) is 0 Å². The second-order valence-corrected chi connectivity index (χ2v) is 5.33. The van der Waals surface area contributed by atoms with Gasteiger partial charge in [0.05, 0.1) is 6.57 Å². The lowest BCUT2D eigenvalue weighted by Crippen LogP contribution is -2.35. The summed E-state index contributed by atoms with van der Waals surface area (Å²) < 4.78 is 5.44. The molecule has 3 atom stereocenters. The van der Waals surface area contributed by atoms with Crippen LogP contribution in [0.3, 0.4) is 0 Å². The molecule has 3 unspecified atom stereocenters. The van der Waals surface area contributed by atoms with E-state index in [4.69, 9.17) is 11.3 Å². The lowest BCUT2D eigenvalue weighted by molar-refractivity contribution is -0.150. The zero-order chi connectivity index (χ0) is 13.0. The smallest absolute Gasteiger partial charge is 0.335 e. The van der Waals surface area contributed by atoms with Crippen LogP contribution in [-0.2, 0) is 9.53 Å². The van der Waals surface area contributed by atoms with Gasteiger partial charge in [-0.2, -0.15) is 0 Å². The van der Waals surface area contributed by atoms with Crippen LogP contribution in [0.4, 0.5) is 0 Å². The maximum Gasteiger partial charge on any atom is 0.335 e. The molecule has 1 fully saturated rings. The highest BCUT2D eigenvalue weighted by Crippen LogP contribution is 2.35. The van der Waals surface area contributed by atoms with Gasteiger partial charge in [-0.3, -0.25) is 4.79 Å². The number of rotatable bonds is 3. The molecular weight excluding hydrogens is 214 g/mol. The van der Waals surface area contributed by atoms with Crippen molar-refractivity contribution in [2.75, 3.05) is 0 Å². The van der Waals surface area contributed by atoms with Crippen molar-refractivity contribution < 1.29 is 9.53 Å². The molecule has 3 nitrogen and oxygen atoms in total. The van der Waals surface area contributed by atoms with Crippen molar-refractivity contribution in [2.45, 2.75) is 46.1 Å². The summed E-state index contributed by atoms with van der Waals surface area (Å²) in [6, 6.07) is 0. The Hall–Kier alpha value is -1.30. The van der Waals surface area contributed by atoms with Gasteiger partial charge in [0, 0.05) is 0 Å². The first-order valence-corrected chi connectivity index (χ1v) is 6.23. The zero-order valence-electron chi connectivity index (χ0n) is 10.9. The summed E-state index contributed by atoms with van der Waals surface area (Å²) in [6.07, 6.45) is 3.15. The number of carbonyl (C=O) groups excluding carboxylic acids is 1. The van der Waals surface area contributed by atoms with Crippen molar-refractivity contribution >= 4 is 5.97 Å². The fourth-order valence-corrected chi connectivity index (χ4v) is 2.50. The third kappa shape index (κ3) is 3.59.